The summed E-state index contributed by atoms with van der Waals surface area (Å²) in [6.45, 7) is 3.45. The van der Waals surface area contributed by atoms with Crippen molar-refractivity contribution in [3.05, 3.63) is 0 Å². The van der Waals surface area contributed by atoms with E-state index in [2.05, 4.69) is 12.2 Å². The number of aliphatic hydroxyl groups excluding tert-OH is 1. The van der Waals surface area contributed by atoms with Crippen LogP contribution >= 0.6 is 0 Å². The van der Waals surface area contributed by atoms with Crippen LogP contribution in [0.5, 0.6) is 0 Å². The van der Waals surface area contributed by atoms with Gasteiger partial charge in [-0.3, -0.25) is 0 Å². The third kappa shape index (κ3) is 3.21. The van der Waals surface area contributed by atoms with Gasteiger partial charge in [-0.25, -0.2) is 0 Å². The van der Waals surface area contributed by atoms with Gasteiger partial charge in [-0.2, -0.15) is 0 Å². The highest BCUT2D eigenvalue weighted by Gasteiger charge is 2.27. The molecule has 0 aromatic rings. The van der Waals surface area contributed by atoms with Crippen molar-refractivity contribution in [2.45, 2.75) is 70.4 Å². The van der Waals surface area contributed by atoms with Gasteiger partial charge in [0.2, 0.25) is 0 Å². The van der Waals surface area contributed by atoms with E-state index in [9.17, 15) is 5.11 Å². The molecule has 4 unspecified atom stereocenters. The summed E-state index contributed by atoms with van der Waals surface area (Å²) in [5.41, 5.74) is 0. The Labute approximate surface area is 99.8 Å². The van der Waals surface area contributed by atoms with Crippen LogP contribution in [0.25, 0.3) is 0 Å². The summed E-state index contributed by atoms with van der Waals surface area (Å²) in [6, 6.07) is 0.768. The molecule has 2 heteroatoms. The second-order valence-electron chi connectivity index (χ2n) is 5.80. The minimum Gasteiger partial charge on any atom is -0.393 e. The van der Waals surface area contributed by atoms with Gasteiger partial charge in [-0.05, 0) is 50.5 Å². The zero-order chi connectivity index (χ0) is 11.4. The zero-order valence-electron chi connectivity index (χ0n) is 10.6. The smallest absolute Gasteiger partial charge is 0.0543 e. The van der Waals surface area contributed by atoms with Crippen LogP contribution in [0.3, 0.4) is 0 Å². The molecule has 2 saturated carbocycles. The van der Waals surface area contributed by atoms with Gasteiger partial charge >= 0.3 is 0 Å². The molecule has 94 valence electrons. The van der Waals surface area contributed by atoms with Gasteiger partial charge < -0.3 is 10.4 Å². The van der Waals surface area contributed by atoms with Crippen LogP contribution in [-0.2, 0) is 0 Å². The Balaban J connectivity index is 1.70. The van der Waals surface area contributed by atoms with Crippen molar-refractivity contribution >= 4 is 0 Å². The number of rotatable bonds is 4. The molecule has 16 heavy (non-hydrogen) atoms. The van der Waals surface area contributed by atoms with E-state index in [0.29, 0.717) is 0 Å². The fraction of sp³-hybridized carbons (Fsp3) is 1.00. The molecule has 0 spiro atoms. The molecule has 0 aromatic heterocycles. The first-order valence-corrected chi connectivity index (χ1v) is 7.21. The molecule has 0 bridgehead atoms. The van der Waals surface area contributed by atoms with E-state index in [1.807, 2.05) is 0 Å². The van der Waals surface area contributed by atoms with E-state index in [0.717, 1.165) is 37.3 Å². The molecule has 0 aromatic carbocycles. The van der Waals surface area contributed by atoms with Gasteiger partial charge in [0.15, 0.2) is 0 Å². The van der Waals surface area contributed by atoms with Crippen LogP contribution in [0.4, 0.5) is 0 Å². The third-order valence-corrected chi connectivity index (χ3v) is 4.61. The highest BCUT2D eigenvalue weighted by Crippen LogP contribution is 2.29. The van der Waals surface area contributed by atoms with Crippen LogP contribution < -0.4 is 5.32 Å². The van der Waals surface area contributed by atoms with Gasteiger partial charge in [0.05, 0.1) is 6.10 Å². The second-order valence-corrected chi connectivity index (χ2v) is 5.80. The van der Waals surface area contributed by atoms with Crippen molar-refractivity contribution in [3.63, 3.8) is 0 Å². The summed E-state index contributed by atoms with van der Waals surface area (Å²) in [5.74, 6) is 1.63. The van der Waals surface area contributed by atoms with E-state index in [1.54, 1.807) is 0 Å². The van der Waals surface area contributed by atoms with Crippen molar-refractivity contribution < 1.29 is 5.11 Å². The molecule has 0 heterocycles. The average Bonchev–Trinajstić information content (AvgIpc) is 2.74. The lowest BCUT2D eigenvalue weighted by molar-refractivity contribution is 0.0990. The molecule has 2 aliphatic carbocycles. The molecular weight excluding hydrogens is 198 g/mol. The molecule has 2 rings (SSSR count). The van der Waals surface area contributed by atoms with Crippen LogP contribution in [0.2, 0.25) is 0 Å². The molecule has 2 N–H and O–H groups in total. The molecular formula is C14H27NO. The van der Waals surface area contributed by atoms with E-state index in [1.165, 1.54) is 38.5 Å². The molecule has 2 nitrogen and oxygen atoms in total. The summed E-state index contributed by atoms with van der Waals surface area (Å²) >= 11 is 0. The summed E-state index contributed by atoms with van der Waals surface area (Å²) in [5, 5.41) is 13.4. The third-order valence-electron chi connectivity index (χ3n) is 4.61. The van der Waals surface area contributed by atoms with Crippen LogP contribution in [0.1, 0.15) is 58.3 Å². The van der Waals surface area contributed by atoms with E-state index < -0.39 is 0 Å². The summed E-state index contributed by atoms with van der Waals surface area (Å²) in [7, 11) is 0. The first kappa shape index (κ1) is 12.4. The van der Waals surface area contributed by atoms with Gasteiger partial charge in [-0.1, -0.05) is 26.2 Å². The normalized spacial score (nSPS) is 40.1. The second kappa shape index (κ2) is 6.02. The fourth-order valence-electron chi connectivity index (χ4n) is 3.56. The average molecular weight is 225 g/mol. The molecule has 2 aliphatic rings. The SMILES string of the molecule is CCC1CCCC1NCC1CCCC(O)C1. The molecule has 0 amide bonds. The van der Waals surface area contributed by atoms with E-state index in [-0.39, 0.29) is 6.10 Å². The lowest BCUT2D eigenvalue weighted by atomic mass is 9.87. The van der Waals surface area contributed by atoms with Crippen LogP contribution in [-0.4, -0.2) is 23.8 Å². The molecule has 4 atom stereocenters. The highest BCUT2D eigenvalue weighted by molar-refractivity contribution is 4.84. The van der Waals surface area contributed by atoms with Gasteiger partial charge in [0, 0.05) is 6.04 Å². The van der Waals surface area contributed by atoms with Crippen LogP contribution in [0.15, 0.2) is 0 Å². The van der Waals surface area contributed by atoms with Crippen LogP contribution in [0, 0.1) is 11.8 Å². The molecule has 2 fully saturated rings. The van der Waals surface area contributed by atoms with Crippen molar-refractivity contribution in [1.29, 1.82) is 0 Å². The minimum atomic E-state index is -0.0221. The summed E-state index contributed by atoms with van der Waals surface area (Å²) in [4.78, 5) is 0. The van der Waals surface area contributed by atoms with Crippen molar-refractivity contribution in [2.24, 2.45) is 11.8 Å². The summed E-state index contributed by atoms with van der Waals surface area (Å²) in [6.07, 6.45) is 10.1. The van der Waals surface area contributed by atoms with Crippen molar-refractivity contribution in [1.82, 2.24) is 5.32 Å². The lowest BCUT2D eigenvalue weighted by Crippen LogP contribution is -2.37. The first-order chi connectivity index (χ1) is 7.79. The Morgan fingerprint density at radius 2 is 1.94 bits per heavy atom. The Morgan fingerprint density at radius 3 is 2.69 bits per heavy atom. The molecule has 0 saturated heterocycles. The number of hydrogen-bond donors (Lipinski definition) is 2. The maximum atomic E-state index is 9.64. The predicted octanol–water partition coefficient (Wildman–Crippen LogP) is 2.71. The lowest BCUT2D eigenvalue weighted by Gasteiger charge is -2.28. The van der Waals surface area contributed by atoms with E-state index >= 15 is 0 Å². The molecule has 0 radical (unpaired) electrons. The van der Waals surface area contributed by atoms with E-state index in [4.69, 9.17) is 0 Å². The highest BCUT2D eigenvalue weighted by atomic mass is 16.3. The first-order valence-electron chi connectivity index (χ1n) is 7.21. The predicted molar refractivity (Wildman–Crippen MR) is 67.4 cm³/mol. The largest absolute Gasteiger partial charge is 0.393 e. The Morgan fingerprint density at radius 1 is 1.12 bits per heavy atom. The standard InChI is InChI=1S/C14H27NO/c1-2-12-6-4-8-14(12)15-10-11-5-3-7-13(16)9-11/h11-16H,2-10H2,1H3. The quantitative estimate of drug-likeness (QED) is 0.771. The Bertz CT molecular complexity index is 207. The van der Waals surface area contributed by atoms with Crippen molar-refractivity contribution in [2.75, 3.05) is 6.54 Å². The number of nitrogens with one attached hydrogen (secondary N) is 1. The maximum absolute atomic E-state index is 9.64. The van der Waals surface area contributed by atoms with Gasteiger partial charge in [0.1, 0.15) is 0 Å². The monoisotopic (exact) mass is 225 g/mol. The van der Waals surface area contributed by atoms with Crippen molar-refractivity contribution in [3.8, 4) is 0 Å². The number of aliphatic hydroxyl groups is 1. The maximum Gasteiger partial charge on any atom is 0.0543 e. The number of hydrogen-bond acceptors (Lipinski definition) is 2. The topological polar surface area (TPSA) is 32.3 Å². The minimum absolute atomic E-state index is 0.0221. The Kier molecular flexibility index (Phi) is 4.66. The van der Waals surface area contributed by atoms with Gasteiger partial charge in [-0.15, -0.1) is 0 Å². The fourth-order valence-corrected chi connectivity index (χ4v) is 3.56. The van der Waals surface area contributed by atoms with Gasteiger partial charge in [0.25, 0.3) is 0 Å². The zero-order valence-corrected chi connectivity index (χ0v) is 10.6. The summed E-state index contributed by atoms with van der Waals surface area (Å²) < 4.78 is 0. The molecule has 0 aliphatic heterocycles. The Hall–Kier alpha value is -0.0800.